The van der Waals surface area contributed by atoms with Gasteiger partial charge in [-0.15, -0.1) is 0 Å². The van der Waals surface area contributed by atoms with Gasteiger partial charge in [0.2, 0.25) is 0 Å². The smallest absolute Gasteiger partial charge is 0.410 e. The van der Waals surface area contributed by atoms with E-state index in [-0.39, 0.29) is 6.09 Å². The highest BCUT2D eigenvalue weighted by Gasteiger charge is 2.42. The summed E-state index contributed by atoms with van der Waals surface area (Å²) in [6, 6.07) is 4.10. The Hall–Kier alpha value is -1.78. The second-order valence-corrected chi connectivity index (χ2v) is 7.02. The summed E-state index contributed by atoms with van der Waals surface area (Å²) in [7, 11) is 0. The van der Waals surface area contributed by atoms with E-state index in [0.717, 1.165) is 26.2 Å². The molecule has 0 bridgehead atoms. The van der Waals surface area contributed by atoms with E-state index >= 15 is 0 Å². The number of carbonyl (C=O) groups is 1. The van der Waals surface area contributed by atoms with Gasteiger partial charge in [0.25, 0.3) is 0 Å². The second-order valence-electron chi connectivity index (χ2n) is 7.02. The van der Waals surface area contributed by atoms with E-state index in [0.29, 0.717) is 11.8 Å². The van der Waals surface area contributed by atoms with Crippen LogP contribution >= 0.6 is 0 Å². The summed E-state index contributed by atoms with van der Waals surface area (Å²) in [5, 5.41) is 0. The molecule has 0 aliphatic carbocycles. The summed E-state index contributed by atoms with van der Waals surface area (Å²) in [5.41, 5.74) is 0.806. The Morgan fingerprint density at radius 3 is 2.24 bits per heavy atom. The third-order valence-corrected chi connectivity index (χ3v) is 4.17. The molecule has 3 rings (SSSR count). The average molecular weight is 289 g/mol. The number of nitrogens with zero attached hydrogens (tertiary/aromatic N) is 3. The Morgan fingerprint density at radius 2 is 1.71 bits per heavy atom. The molecule has 5 heteroatoms. The molecule has 2 aliphatic rings. The number of hydrogen-bond donors (Lipinski definition) is 0. The van der Waals surface area contributed by atoms with Gasteiger partial charge >= 0.3 is 6.09 Å². The van der Waals surface area contributed by atoms with Crippen LogP contribution in [0, 0.1) is 11.8 Å². The summed E-state index contributed by atoms with van der Waals surface area (Å²) < 4.78 is 5.46. The molecule has 1 aromatic heterocycles. The number of hydrogen-bond acceptors (Lipinski definition) is 4. The molecule has 0 unspecified atom stereocenters. The van der Waals surface area contributed by atoms with E-state index in [2.05, 4.69) is 9.88 Å². The van der Waals surface area contributed by atoms with Crippen LogP contribution in [-0.4, -0.2) is 47.8 Å². The maximum atomic E-state index is 12.1. The van der Waals surface area contributed by atoms with Crippen LogP contribution in [0.2, 0.25) is 0 Å². The molecule has 0 aromatic carbocycles. The molecule has 1 aromatic rings. The van der Waals surface area contributed by atoms with Crippen molar-refractivity contribution in [2.24, 2.45) is 11.8 Å². The highest BCUT2D eigenvalue weighted by atomic mass is 16.6. The number of fused-ring (bicyclic) bond motifs is 1. The lowest BCUT2D eigenvalue weighted by Gasteiger charge is -2.26. The van der Waals surface area contributed by atoms with Gasteiger partial charge in [-0.3, -0.25) is 4.98 Å². The van der Waals surface area contributed by atoms with Crippen molar-refractivity contribution >= 4 is 11.8 Å². The number of pyridine rings is 1. The van der Waals surface area contributed by atoms with Gasteiger partial charge < -0.3 is 14.5 Å². The minimum absolute atomic E-state index is 0.174. The molecule has 0 N–H and O–H groups in total. The summed E-state index contributed by atoms with van der Waals surface area (Å²) >= 11 is 0. The van der Waals surface area contributed by atoms with Crippen molar-refractivity contribution in [3.05, 3.63) is 24.5 Å². The lowest BCUT2D eigenvalue weighted by Crippen LogP contribution is -2.37. The van der Waals surface area contributed by atoms with Gasteiger partial charge in [-0.1, -0.05) is 0 Å². The van der Waals surface area contributed by atoms with Crippen LogP contribution in [0.25, 0.3) is 0 Å². The quantitative estimate of drug-likeness (QED) is 0.796. The van der Waals surface area contributed by atoms with Gasteiger partial charge in [-0.2, -0.15) is 0 Å². The molecule has 114 valence electrons. The number of amides is 1. The highest BCUT2D eigenvalue weighted by molar-refractivity contribution is 5.68. The zero-order valence-electron chi connectivity index (χ0n) is 13.0. The lowest BCUT2D eigenvalue weighted by atomic mass is 10.0. The average Bonchev–Trinajstić information content (AvgIpc) is 2.95. The molecular formula is C16H23N3O2. The van der Waals surface area contributed by atoms with Gasteiger partial charge in [-0.05, 0) is 32.9 Å². The minimum atomic E-state index is -0.419. The molecule has 5 nitrogen and oxygen atoms in total. The Balaban J connectivity index is 1.58. The fourth-order valence-corrected chi connectivity index (χ4v) is 3.23. The third-order valence-electron chi connectivity index (χ3n) is 4.17. The molecule has 0 spiro atoms. The van der Waals surface area contributed by atoms with Gasteiger partial charge in [-0.25, -0.2) is 4.79 Å². The monoisotopic (exact) mass is 289 g/mol. The number of anilines is 1. The second kappa shape index (κ2) is 5.20. The van der Waals surface area contributed by atoms with Crippen LogP contribution in [-0.2, 0) is 4.74 Å². The number of likely N-dealkylation sites (tertiary alicyclic amines) is 1. The van der Waals surface area contributed by atoms with Crippen LogP contribution in [0.1, 0.15) is 20.8 Å². The molecule has 0 saturated carbocycles. The van der Waals surface area contributed by atoms with E-state index in [1.165, 1.54) is 5.69 Å². The van der Waals surface area contributed by atoms with Gasteiger partial charge in [0.15, 0.2) is 0 Å². The Labute approximate surface area is 125 Å². The van der Waals surface area contributed by atoms with Crippen molar-refractivity contribution in [2.75, 3.05) is 31.1 Å². The summed E-state index contributed by atoms with van der Waals surface area (Å²) in [5.74, 6) is 1.09. The normalized spacial score (nSPS) is 25.1. The summed E-state index contributed by atoms with van der Waals surface area (Å²) in [4.78, 5) is 20.4. The van der Waals surface area contributed by atoms with E-state index in [1.54, 1.807) is 0 Å². The van der Waals surface area contributed by atoms with Crippen molar-refractivity contribution in [1.82, 2.24) is 9.88 Å². The highest BCUT2D eigenvalue weighted by Crippen LogP contribution is 2.34. The van der Waals surface area contributed by atoms with Crippen molar-refractivity contribution in [1.29, 1.82) is 0 Å². The molecule has 1 amide bonds. The first-order valence-electron chi connectivity index (χ1n) is 7.55. The first kappa shape index (κ1) is 14.2. The van der Waals surface area contributed by atoms with Gasteiger partial charge in [0.1, 0.15) is 5.60 Å². The minimum Gasteiger partial charge on any atom is -0.444 e. The molecule has 2 fully saturated rings. The largest absolute Gasteiger partial charge is 0.444 e. The molecule has 0 radical (unpaired) electrons. The van der Waals surface area contributed by atoms with Crippen LogP contribution < -0.4 is 4.90 Å². The number of ether oxygens (including phenoxy) is 1. The van der Waals surface area contributed by atoms with Crippen molar-refractivity contribution in [3.8, 4) is 0 Å². The summed E-state index contributed by atoms with van der Waals surface area (Å²) in [6.45, 7) is 9.36. The Bertz CT molecular complexity index is 498. The maximum Gasteiger partial charge on any atom is 0.410 e. The van der Waals surface area contributed by atoms with Crippen molar-refractivity contribution < 1.29 is 9.53 Å². The zero-order chi connectivity index (χ0) is 15.0. The predicted octanol–water partition coefficient (Wildman–Crippen LogP) is 2.38. The lowest BCUT2D eigenvalue weighted by molar-refractivity contribution is 0.0282. The zero-order valence-corrected chi connectivity index (χ0v) is 13.0. The van der Waals surface area contributed by atoms with E-state index in [4.69, 9.17) is 4.74 Å². The molecule has 2 saturated heterocycles. The van der Waals surface area contributed by atoms with Crippen LogP contribution in [0.4, 0.5) is 10.5 Å². The topological polar surface area (TPSA) is 45.7 Å². The molecule has 3 heterocycles. The standard InChI is InChI=1S/C16H23N3O2/c1-16(2,3)21-15(20)19-10-12-8-18(9-13(12)11-19)14-4-6-17-7-5-14/h4-7,12-13H,8-11H2,1-3H3/t12-,13+. The van der Waals surface area contributed by atoms with E-state index < -0.39 is 5.60 Å². The summed E-state index contributed by atoms with van der Waals surface area (Å²) in [6.07, 6.45) is 3.49. The fraction of sp³-hybridized carbons (Fsp3) is 0.625. The Morgan fingerprint density at radius 1 is 1.14 bits per heavy atom. The predicted molar refractivity (Wildman–Crippen MR) is 81.2 cm³/mol. The van der Waals surface area contributed by atoms with Gasteiger partial charge in [0, 0.05) is 56.1 Å². The first-order chi connectivity index (χ1) is 9.92. The SMILES string of the molecule is CC(C)(C)OC(=O)N1C[C@@H]2CN(c3ccncc3)C[C@@H]2C1. The van der Waals surface area contributed by atoms with Crippen LogP contribution in [0.15, 0.2) is 24.5 Å². The van der Waals surface area contributed by atoms with Crippen LogP contribution in [0.5, 0.6) is 0 Å². The number of rotatable bonds is 1. The molecular weight excluding hydrogens is 266 g/mol. The van der Waals surface area contributed by atoms with E-state index in [1.807, 2.05) is 50.2 Å². The van der Waals surface area contributed by atoms with Crippen LogP contribution in [0.3, 0.4) is 0 Å². The molecule has 21 heavy (non-hydrogen) atoms. The van der Waals surface area contributed by atoms with Gasteiger partial charge in [0.05, 0.1) is 0 Å². The number of carbonyl (C=O) groups excluding carboxylic acids is 1. The number of aromatic nitrogens is 1. The van der Waals surface area contributed by atoms with E-state index in [9.17, 15) is 4.79 Å². The third kappa shape index (κ3) is 3.12. The maximum absolute atomic E-state index is 12.1. The Kier molecular flexibility index (Phi) is 3.51. The fourth-order valence-electron chi connectivity index (χ4n) is 3.23. The van der Waals surface area contributed by atoms with Crippen molar-refractivity contribution in [2.45, 2.75) is 26.4 Å². The molecule has 2 atom stereocenters. The molecule has 2 aliphatic heterocycles. The first-order valence-corrected chi connectivity index (χ1v) is 7.55. The van der Waals surface area contributed by atoms with Crippen molar-refractivity contribution in [3.63, 3.8) is 0 Å².